The van der Waals surface area contributed by atoms with Gasteiger partial charge in [-0.3, -0.25) is 19.5 Å². The molecular formula is C62H68F2N12O8S. The number of amides is 3. The van der Waals surface area contributed by atoms with Crippen LogP contribution in [0.3, 0.4) is 0 Å². The van der Waals surface area contributed by atoms with Crippen molar-refractivity contribution in [2.45, 2.75) is 108 Å². The number of piperazine rings is 2. The Morgan fingerprint density at radius 3 is 2.38 bits per heavy atom. The maximum Gasteiger partial charge on any atom is 0.409 e. The molecule has 0 saturated carbocycles. The number of halogens is 2. The molecule has 4 unspecified atom stereocenters. The Morgan fingerprint density at radius 2 is 1.67 bits per heavy atom. The van der Waals surface area contributed by atoms with E-state index in [2.05, 4.69) is 46.5 Å². The van der Waals surface area contributed by atoms with Crippen molar-refractivity contribution in [1.82, 2.24) is 50.4 Å². The number of likely N-dealkylation sites (N-methyl/N-ethyl adjacent to an activating group) is 1. The molecule has 7 aromatic rings. The SMILES string of the molecule is C#Cc1c(F)ccc2cc(O)cc(-c3ncc4c(N5CC6CCC(C5)N6)nc(OC[C@@H]5CC[C@@H](COC(=O)N6CCN(c7cc(C(C(=O)N8C[C@H](O)C[C@H]8C(=O)NC(C)c8ccc(-c9scnc9C)cc8)C(C)C)on7)CC6)N5C)nc4c3F)c12. The molecule has 8 atom stereocenters. The van der Waals surface area contributed by atoms with Crippen LogP contribution in [0.15, 0.2) is 70.8 Å². The number of aliphatic hydroxyl groups is 1. The van der Waals surface area contributed by atoms with Crippen molar-refractivity contribution in [3.63, 3.8) is 0 Å². The molecule has 444 valence electrons. The van der Waals surface area contributed by atoms with Crippen LogP contribution in [-0.4, -0.2) is 170 Å². The lowest BCUT2D eigenvalue weighted by atomic mass is 9.91. The fraction of sp³-hybridized carbons (Fsp3) is 0.452. The van der Waals surface area contributed by atoms with E-state index >= 15 is 8.78 Å². The molecule has 5 aliphatic heterocycles. The highest BCUT2D eigenvalue weighted by Crippen LogP contribution is 2.40. The number of nitrogens with one attached hydrogen (secondary N) is 2. The standard InChI is InChI=1S/C62H68F2N12O8S/c1-7-45-48(63)17-12-38-22-43(77)23-46(53(38)45)55-54(64)56-47(26-65-55)58(75-27-39-13-14-40(28-75)68-39)70-61(69-56)82-30-41-15-16-42(72(41)6)31-83-62(81)74-20-18-73(19-21-74)51-25-50(84-71-51)52(33(2)3)60(80)76-29-44(78)24-49(76)59(79)67-34(4)36-8-10-37(11-9-36)57-35(5)66-32-85-57/h1,8-12,17,22-23,25-26,32-34,39-42,44,49,52,68,77-78H,13-16,18-21,24,27-31H2,2-6H3,(H,67,79)/t34?,39?,40?,41-,42-,44+,49-,52?/m0/s1. The van der Waals surface area contributed by atoms with Crippen LogP contribution in [0.4, 0.5) is 25.2 Å². The van der Waals surface area contributed by atoms with Crippen LogP contribution in [0.1, 0.15) is 87.4 Å². The monoisotopic (exact) mass is 1180 g/mol. The minimum atomic E-state index is -0.877. The molecule has 9 heterocycles. The lowest BCUT2D eigenvalue weighted by Crippen LogP contribution is -2.51. The number of hydrogen-bond donors (Lipinski definition) is 4. The molecule has 0 radical (unpaired) electrons. The number of aromatic nitrogens is 5. The second-order valence-electron chi connectivity index (χ2n) is 23.5. The highest BCUT2D eigenvalue weighted by molar-refractivity contribution is 7.13. The molecular weight excluding hydrogens is 1110 g/mol. The average Bonchev–Trinajstić information content (AvgIpc) is 4.08. The van der Waals surface area contributed by atoms with Gasteiger partial charge in [-0.2, -0.15) is 9.97 Å². The summed E-state index contributed by atoms with van der Waals surface area (Å²) >= 11 is 1.57. The number of phenolic OH excluding ortho intramolecular Hbond substituents is 1. The number of aryl methyl sites for hydroxylation is 1. The Hall–Kier alpha value is -8.04. The normalized spacial score (nSPS) is 22.4. The number of β-amino-alcohol motifs (C(OH)–C–C–N with tert-alkyl or cyclic N) is 1. The van der Waals surface area contributed by atoms with Crippen LogP contribution in [-0.2, 0) is 14.3 Å². The summed E-state index contributed by atoms with van der Waals surface area (Å²) in [7, 11) is 1.95. The average molecular weight is 1180 g/mol. The molecule has 20 nitrogen and oxygen atoms in total. The highest BCUT2D eigenvalue weighted by atomic mass is 32.1. The zero-order valence-electron chi connectivity index (χ0n) is 48.0. The van der Waals surface area contributed by atoms with Gasteiger partial charge in [-0.1, -0.05) is 55.3 Å². The second-order valence-corrected chi connectivity index (χ2v) is 24.3. The second kappa shape index (κ2) is 23.8. The van der Waals surface area contributed by atoms with Gasteiger partial charge in [0.1, 0.15) is 53.8 Å². The Bertz CT molecular complexity index is 3710. The minimum absolute atomic E-state index is 0.0110. The number of ether oxygens (including phenoxy) is 2. The largest absolute Gasteiger partial charge is 0.508 e. The van der Waals surface area contributed by atoms with E-state index in [9.17, 15) is 24.6 Å². The van der Waals surface area contributed by atoms with Crippen molar-refractivity contribution in [3.05, 3.63) is 101 Å². The van der Waals surface area contributed by atoms with Crippen molar-refractivity contribution in [1.29, 1.82) is 0 Å². The van der Waals surface area contributed by atoms with E-state index < -0.39 is 35.8 Å². The molecule has 3 amide bonds. The lowest BCUT2D eigenvalue weighted by molar-refractivity contribution is -0.141. The van der Waals surface area contributed by atoms with E-state index in [4.69, 9.17) is 25.4 Å². The predicted octanol–water partition coefficient (Wildman–Crippen LogP) is 7.55. The first-order valence-corrected chi connectivity index (χ1v) is 29.9. The van der Waals surface area contributed by atoms with Crippen LogP contribution in [0.2, 0.25) is 0 Å². The Morgan fingerprint density at radius 1 is 0.929 bits per heavy atom. The van der Waals surface area contributed by atoms with Crippen LogP contribution in [0.25, 0.3) is 43.4 Å². The van der Waals surface area contributed by atoms with E-state index in [-0.39, 0.29) is 114 Å². The summed E-state index contributed by atoms with van der Waals surface area (Å²) in [5.74, 6) is 0.432. The van der Waals surface area contributed by atoms with Gasteiger partial charge >= 0.3 is 12.1 Å². The molecule has 23 heteroatoms. The van der Waals surface area contributed by atoms with Gasteiger partial charge < -0.3 is 54.4 Å². The number of aliphatic hydroxyl groups excluding tert-OH is 1. The molecule has 5 aliphatic rings. The minimum Gasteiger partial charge on any atom is -0.508 e. The van der Waals surface area contributed by atoms with Crippen molar-refractivity contribution in [2.24, 2.45) is 5.92 Å². The van der Waals surface area contributed by atoms with Crippen molar-refractivity contribution >= 4 is 62.6 Å². The van der Waals surface area contributed by atoms with Gasteiger partial charge in [-0.25, -0.2) is 18.6 Å². The molecule has 4 aromatic heterocycles. The zero-order valence-corrected chi connectivity index (χ0v) is 48.8. The summed E-state index contributed by atoms with van der Waals surface area (Å²) < 4.78 is 50.4. The number of likely N-dealkylation sites (tertiary alicyclic amines) is 2. The molecule has 0 spiro atoms. The third-order valence-corrected chi connectivity index (χ3v) is 18.6. The Labute approximate surface area is 494 Å². The van der Waals surface area contributed by atoms with Gasteiger partial charge in [0.25, 0.3) is 0 Å². The molecule has 4 N–H and O–H groups in total. The Balaban J connectivity index is 0.655. The summed E-state index contributed by atoms with van der Waals surface area (Å²) in [5, 5.41) is 33.6. The van der Waals surface area contributed by atoms with Gasteiger partial charge in [-0.15, -0.1) is 17.8 Å². The van der Waals surface area contributed by atoms with Gasteiger partial charge in [0, 0.05) is 99.6 Å². The van der Waals surface area contributed by atoms with Gasteiger partial charge in [-0.05, 0) is 87.2 Å². The molecule has 12 rings (SSSR count). The Kier molecular flexibility index (Phi) is 16.1. The zero-order chi connectivity index (χ0) is 59.4. The first-order valence-electron chi connectivity index (χ1n) is 29.1. The van der Waals surface area contributed by atoms with Crippen LogP contribution < -0.4 is 25.2 Å². The topological polar surface area (TPSA) is 228 Å². The number of hydrogen-bond acceptors (Lipinski definition) is 18. The number of carbonyl (C=O) groups is 3. The van der Waals surface area contributed by atoms with E-state index in [1.54, 1.807) is 22.3 Å². The predicted molar refractivity (Wildman–Crippen MR) is 316 cm³/mol. The fourth-order valence-corrected chi connectivity index (χ4v) is 13.8. The fourth-order valence-electron chi connectivity index (χ4n) is 13.0. The van der Waals surface area contributed by atoms with E-state index in [1.165, 1.54) is 35.4 Å². The number of thiazole rings is 1. The first-order chi connectivity index (χ1) is 41.0. The number of aromatic hydroxyl groups is 1. The number of nitrogens with zero attached hydrogens (tertiary/aromatic N) is 10. The smallest absolute Gasteiger partial charge is 0.409 e. The number of benzene rings is 3. The molecule has 5 fully saturated rings. The molecule has 0 aliphatic carbocycles. The molecule has 3 aromatic carbocycles. The number of anilines is 2. The summed E-state index contributed by atoms with van der Waals surface area (Å²) in [6, 6.07) is 14.2. The van der Waals surface area contributed by atoms with Crippen molar-refractivity contribution < 1.29 is 47.4 Å². The summed E-state index contributed by atoms with van der Waals surface area (Å²) in [6.45, 7) is 10.9. The van der Waals surface area contributed by atoms with Crippen LogP contribution in [0, 0.1) is 36.8 Å². The van der Waals surface area contributed by atoms with E-state index in [0.29, 0.717) is 67.4 Å². The number of fused-ring (bicyclic) bond motifs is 4. The third kappa shape index (κ3) is 11.4. The highest BCUT2D eigenvalue weighted by Gasteiger charge is 2.44. The number of phenols is 1. The van der Waals surface area contributed by atoms with Crippen molar-refractivity contribution in [3.8, 4) is 45.8 Å². The first kappa shape index (κ1) is 57.4. The van der Waals surface area contributed by atoms with Crippen LogP contribution in [0.5, 0.6) is 11.8 Å². The van der Waals surface area contributed by atoms with Crippen LogP contribution >= 0.6 is 11.3 Å². The van der Waals surface area contributed by atoms with Gasteiger partial charge in [0.05, 0.1) is 39.2 Å². The van der Waals surface area contributed by atoms with Gasteiger partial charge in [0.2, 0.25) is 11.8 Å². The van der Waals surface area contributed by atoms with Gasteiger partial charge in [0.15, 0.2) is 17.4 Å². The van der Waals surface area contributed by atoms with E-state index in [1.807, 2.05) is 69.4 Å². The molecule has 85 heavy (non-hydrogen) atoms. The van der Waals surface area contributed by atoms with Crippen molar-refractivity contribution in [2.75, 3.05) is 75.9 Å². The summed E-state index contributed by atoms with van der Waals surface area (Å²) in [4.78, 5) is 70.7. The summed E-state index contributed by atoms with van der Waals surface area (Å²) in [6.07, 6.45) is 9.54. The summed E-state index contributed by atoms with van der Waals surface area (Å²) in [5.41, 5.74) is 4.56. The number of pyridine rings is 1. The molecule has 5 saturated heterocycles. The maximum atomic E-state index is 17.2. The molecule has 2 bridgehead atoms. The van der Waals surface area contributed by atoms with E-state index in [0.717, 1.165) is 47.4 Å². The maximum absolute atomic E-state index is 17.2. The number of rotatable bonds is 15. The lowest BCUT2D eigenvalue weighted by Gasteiger charge is -2.34. The quantitative estimate of drug-likeness (QED) is 0.0727. The third-order valence-electron chi connectivity index (χ3n) is 17.7. The number of carbonyl (C=O) groups excluding carboxylic acids is 3. The number of terminal acetylenes is 1.